The lowest BCUT2D eigenvalue weighted by molar-refractivity contribution is -0.122. The van der Waals surface area contributed by atoms with Gasteiger partial charge in [0.25, 0.3) is 0 Å². The Hall–Kier alpha value is -1.50. The van der Waals surface area contributed by atoms with Crippen LogP contribution < -0.4 is 5.32 Å². The number of carbonyl (C=O) groups is 1. The van der Waals surface area contributed by atoms with E-state index < -0.39 is 12.2 Å². The van der Waals surface area contributed by atoms with E-state index in [1.54, 1.807) is 13.8 Å². The summed E-state index contributed by atoms with van der Waals surface area (Å²) in [6, 6.07) is 0. The van der Waals surface area contributed by atoms with Crippen molar-refractivity contribution in [2.45, 2.75) is 59.6 Å². The highest BCUT2D eigenvalue weighted by atomic mass is 19.3. The summed E-state index contributed by atoms with van der Waals surface area (Å²) in [5, 5.41) is 16.7. The van der Waals surface area contributed by atoms with Gasteiger partial charge in [0.15, 0.2) is 0 Å². The van der Waals surface area contributed by atoms with E-state index in [9.17, 15) is 18.7 Å². The van der Waals surface area contributed by atoms with Crippen molar-refractivity contribution in [1.29, 1.82) is 0 Å². The first-order valence-corrected chi connectivity index (χ1v) is 7.42. The molecule has 0 aliphatic carbocycles. The molecule has 0 saturated carbocycles. The fraction of sp³-hybridized carbons (Fsp3) is 0.733. The number of carbonyl (C=O) groups excluding carboxylic acids is 1. The molecule has 0 radical (unpaired) electrons. The van der Waals surface area contributed by atoms with Crippen LogP contribution in [0, 0.1) is 19.8 Å². The Morgan fingerprint density at radius 3 is 2.50 bits per heavy atom. The van der Waals surface area contributed by atoms with Gasteiger partial charge in [0.1, 0.15) is 0 Å². The second-order valence-electron chi connectivity index (χ2n) is 5.99. The number of nitrogens with zero attached hydrogens (tertiary/aromatic N) is 2. The monoisotopic (exact) mass is 317 g/mol. The van der Waals surface area contributed by atoms with Crippen molar-refractivity contribution in [3.05, 3.63) is 17.0 Å². The van der Waals surface area contributed by atoms with Crippen LogP contribution in [0.25, 0.3) is 0 Å². The first-order chi connectivity index (χ1) is 10.1. The number of amides is 1. The third-order valence-corrected chi connectivity index (χ3v) is 4.31. The number of aromatic nitrogens is 2. The predicted octanol–water partition coefficient (Wildman–Crippen LogP) is 2.35. The summed E-state index contributed by atoms with van der Waals surface area (Å²) in [6.07, 6.45) is 0.767. The van der Waals surface area contributed by atoms with Crippen molar-refractivity contribution >= 4 is 5.91 Å². The molecule has 5 nitrogen and oxygen atoms in total. The van der Waals surface area contributed by atoms with Gasteiger partial charge in [-0.25, -0.2) is 4.68 Å². The van der Waals surface area contributed by atoms with Gasteiger partial charge in [0.2, 0.25) is 5.91 Å². The molecule has 22 heavy (non-hydrogen) atoms. The number of rotatable bonds is 7. The van der Waals surface area contributed by atoms with Crippen LogP contribution in [-0.2, 0) is 11.2 Å². The number of aryl methyl sites for hydroxylation is 1. The second-order valence-corrected chi connectivity index (χ2v) is 5.99. The highest BCUT2D eigenvalue weighted by molar-refractivity contribution is 5.79. The number of aliphatic hydroxyl groups is 1. The largest absolute Gasteiger partial charge is 0.388 e. The quantitative estimate of drug-likeness (QED) is 0.811. The van der Waals surface area contributed by atoms with Gasteiger partial charge in [0, 0.05) is 17.8 Å². The minimum absolute atomic E-state index is 0.0268. The number of hydrogen-bond donors (Lipinski definition) is 2. The van der Waals surface area contributed by atoms with Crippen LogP contribution in [0.3, 0.4) is 0 Å². The minimum Gasteiger partial charge on any atom is -0.388 e. The van der Waals surface area contributed by atoms with Gasteiger partial charge in [-0.2, -0.15) is 13.9 Å². The van der Waals surface area contributed by atoms with E-state index in [1.165, 1.54) is 6.92 Å². The third kappa shape index (κ3) is 4.25. The molecule has 1 amide bonds. The average Bonchev–Trinajstić information content (AvgIpc) is 2.72. The van der Waals surface area contributed by atoms with Crippen molar-refractivity contribution in [3.63, 3.8) is 0 Å². The zero-order valence-corrected chi connectivity index (χ0v) is 13.8. The molecule has 1 heterocycles. The normalized spacial score (nSPS) is 15.7. The fourth-order valence-electron chi connectivity index (χ4n) is 2.26. The smallest absolute Gasteiger partial charge is 0.333 e. The van der Waals surface area contributed by atoms with Gasteiger partial charge in [-0.1, -0.05) is 20.3 Å². The molecular weight excluding hydrogens is 292 g/mol. The van der Waals surface area contributed by atoms with Gasteiger partial charge in [-0.3, -0.25) is 4.79 Å². The molecule has 1 rings (SSSR count). The van der Waals surface area contributed by atoms with E-state index in [-0.39, 0.29) is 30.5 Å². The molecule has 0 bridgehead atoms. The molecule has 1 aromatic heterocycles. The first-order valence-electron chi connectivity index (χ1n) is 7.42. The molecule has 0 aliphatic rings. The summed E-state index contributed by atoms with van der Waals surface area (Å²) in [6.45, 7) is 6.07. The van der Waals surface area contributed by atoms with Crippen molar-refractivity contribution in [1.82, 2.24) is 15.1 Å². The molecule has 0 spiro atoms. The third-order valence-electron chi connectivity index (χ3n) is 4.31. The Morgan fingerprint density at radius 2 is 2.05 bits per heavy atom. The summed E-state index contributed by atoms with van der Waals surface area (Å²) in [7, 11) is 0. The van der Waals surface area contributed by atoms with Crippen molar-refractivity contribution in [2.24, 2.45) is 5.92 Å². The van der Waals surface area contributed by atoms with E-state index in [2.05, 4.69) is 10.4 Å². The Morgan fingerprint density at radius 1 is 1.45 bits per heavy atom. The molecule has 7 heteroatoms. The molecule has 1 aromatic rings. The average molecular weight is 317 g/mol. The minimum atomic E-state index is -2.72. The molecule has 0 fully saturated rings. The highest BCUT2D eigenvalue weighted by Gasteiger charge is 2.28. The maximum absolute atomic E-state index is 12.8. The number of nitrogens with one attached hydrogen (secondary N) is 1. The van der Waals surface area contributed by atoms with Crippen LogP contribution in [0.15, 0.2) is 0 Å². The van der Waals surface area contributed by atoms with Crippen LogP contribution in [-0.4, -0.2) is 32.9 Å². The Kier molecular flexibility index (Phi) is 6.05. The number of hydrogen-bond acceptors (Lipinski definition) is 3. The lowest BCUT2D eigenvalue weighted by Gasteiger charge is -2.29. The van der Waals surface area contributed by atoms with Crippen molar-refractivity contribution in [3.8, 4) is 0 Å². The Balaban J connectivity index is 2.71. The molecule has 2 N–H and O–H groups in total. The van der Waals surface area contributed by atoms with E-state index in [0.717, 1.165) is 6.42 Å². The van der Waals surface area contributed by atoms with Crippen LogP contribution in [0.5, 0.6) is 0 Å². The van der Waals surface area contributed by atoms with E-state index >= 15 is 0 Å². The topological polar surface area (TPSA) is 67.2 Å². The van der Waals surface area contributed by atoms with E-state index in [0.29, 0.717) is 15.9 Å². The summed E-state index contributed by atoms with van der Waals surface area (Å²) < 4.78 is 26.1. The Bertz CT molecular complexity index is 527. The van der Waals surface area contributed by atoms with Crippen molar-refractivity contribution in [2.75, 3.05) is 6.54 Å². The molecular formula is C15H25F2N3O2. The van der Waals surface area contributed by atoms with E-state index in [4.69, 9.17) is 0 Å². The molecule has 0 aliphatic heterocycles. The lowest BCUT2D eigenvalue weighted by atomic mass is 9.88. The van der Waals surface area contributed by atoms with Crippen molar-refractivity contribution < 1.29 is 18.7 Å². The molecule has 126 valence electrons. The molecule has 0 saturated heterocycles. The maximum Gasteiger partial charge on any atom is 0.333 e. The van der Waals surface area contributed by atoms with Crippen LogP contribution >= 0.6 is 0 Å². The molecule has 2 atom stereocenters. The van der Waals surface area contributed by atoms with Gasteiger partial charge < -0.3 is 10.4 Å². The summed E-state index contributed by atoms with van der Waals surface area (Å²) in [5.74, 6) is -0.276. The standard InChI is InChI=1S/C15H25F2N3O2/c1-6-9(2)15(5,22)8-18-13(21)7-12-10(3)19-20(11(12)4)14(16)17/h9,14,22H,6-8H2,1-5H3,(H,18,21)/t9-,15+/m1/s1. The van der Waals surface area contributed by atoms with Crippen LogP contribution in [0.1, 0.15) is 50.7 Å². The fourth-order valence-corrected chi connectivity index (χ4v) is 2.26. The SMILES string of the molecule is CC[C@@H](C)[C@@](C)(O)CNC(=O)Cc1c(C)nn(C(F)F)c1C. The van der Waals surface area contributed by atoms with Gasteiger partial charge in [-0.05, 0) is 26.7 Å². The van der Waals surface area contributed by atoms with Gasteiger partial charge >= 0.3 is 6.55 Å². The zero-order valence-electron chi connectivity index (χ0n) is 13.8. The zero-order chi connectivity index (χ0) is 17.1. The summed E-state index contributed by atoms with van der Waals surface area (Å²) >= 11 is 0. The predicted molar refractivity (Wildman–Crippen MR) is 79.7 cm³/mol. The van der Waals surface area contributed by atoms with Crippen LogP contribution in [0.2, 0.25) is 0 Å². The number of halogens is 2. The van der Waals surface area contributed by atoms with Gasteiger partial charge in [-0.15, -0.1) is 0 Å². The maximum atomic E-state index is 12.8. The molecule has 0 unspecified atom stereocenters. The lowest BCUT2D eigenvalue weighted by Crippen LogP contribution is -2.45. The summed E-state index contributed by atoms with van der Waals surface area (Å²) in [5.41, 5.74) is 0.209. The Labute approximate surface area is 129 Å². The number of alkyl halides is 2. The van der Waals surface area contributed by atoms with E-state index in [1.807, 2.05) is 13.8 Å². The highest BCUT2D eigenvalue weighted by Crippen LogP contribution is 2.21. The van der Waals surface area contributed by atoms with Crippen LogP contribution in [0.4, 0.5) is 8.78 Å². The first kappa shape index (κ1) is 18.5. The second kappa shape index (κ2) is 7.17. The summed E-state index contributed by atoms with van der Waals surface area (Å²) in [4.78, 5) is 12.0. The van der Waals surface area contributed by atoms with Gasteiger partial charge in [0.05, 0.1) is 17.7 Å². The molecule has 0 aromatic carbocycles.